The van der Waals surface area contributed by atoms with Gasteiger partial charge >= 0.3 is 0 Å². The standard InChI is InChI=1S/C20H14ClN5O3S2/c21-16-3-1-14(2-4-16)12-26-13-17(11-24-26)29-19-6-5-18(9-15(19)10-22)31(27,28)25-20-23-7-8-30-20/h1-9,11,13H,12H2,(H,23,25). The molecular formula is C20H14ClN5O3S2. The minimum absolute atomic E-state index is 0.0648. The first-order valence-corrected chi connectivity index (χ1v) is 11.6. The maximum atomic E-state index is 12.5. The summed E-state index contributed by atoms with van der Waals surface area (Å²) in [5, 5.41) is 16.3. The lowest BCUT2D eigenvalue weighted by Crippen LogP contribution is -2.13. The predicted octanol–water partition coefficient (Wildman–Crippen LogP) is 4.51. The van der Waals surface area contributed by atoms with E-state index in [-0.39, 0.29) is 21.3 Å². The van der Waals surface area contributed by atoms with Crippen molar-refractivity contribution >= 4 is 38.1 Å². The molecule has 0 aliphatic rings. The van der Waals surface area contributed by atoms with Crippen molar-refractivity contribution in [3.05, 3.63) is 82.6 Å². The Morgan fingerprint density at radius 1 is 1.23 bits per heavy atom. The van der Waals surface area contributed by atoms with Crippen LogP contribution in [0.2, 0.25) is 5.02 Å². The van der Waals surface area contributed by atoms with Gasteiger partial charge in [0.15, 0.2) is 10.9 Å². The highest BCUT2D eigenvalue weighted by atomic mass is 35.5. The molecule has 0 unspecified atom stereocenters. The second-order valence-corrected chi connectivity index (χ2v) is 9.33. The molecule has 0 spiro atoms. The van der Waals surface area contributed by atoms with Gasteiger partial charge in [-0.2, -0.15) is 10.4 Å². The summed E-state index contributed by atoms with van der Waals surface area (Å²) in [6, 6.07) is 13.4. The van der Waals surface area contributed by atoms with Crippen molar-refractivity contribution in [2.45, 2.75) is 11.4 Å². The molecule has 4 rings (SSSR count). The van der Waals surface area contributed by atoms with Gasteiger partial charge in [-0.15, -0.1) is 11.3 Å². The van der Waals surface area contributed by atoms with Gasteiger partial charge in [0.05, 0.1) is 29.4 Å². The van der Waals surface area contributed by atoms with Crippen LogP contribution in [0.1, 0.15) is 11.1 Å². The number of benzene rings is 2. The largest absolute Gasteiger partial charge is 0.453 e. The molecule has 0 fully saturated rings. The van der Waals surface area contributed by atoms with Gasteiger partial charge in [0, 0.05) is 16.6 Å². The topological polar surface area (TPSA) is 110 Å². The quantitative estimate of drug-likeness (QED) is 0.424. The third kappa shape index (κ3) is 5.03. The molecule has 0 aliphatic heterocycles. The summed E-state index contributed by atoms with van der Waals surface area (Å²) in [6.45, 7) is 0.519. The Balaban J connectivity index is 1.51. The van der Waals surface area contributed by atoms with Crippen molar-refractivity contribution < 1.29 is 13.2 Å². The van der Waals surface area contributed by atoms with E-state index in [0.29, 0.717) is 17.3 Å². The Labute approximate surface area is 187 Å². The average Bonchev–Trinajstić information content (AvgIpc) is 3.41. The number of thiazole rings is 1. The number of nitrogens with one attached hydrogen (secondary N) is 1. The predicted molar refractivity (Wildman–Crippen MR) is 117 cm³/mol. The number of hydrogen-bond acceptors (Lipinski definition) is 7. The van der Waals surface area contributed by atoms with Crippen molar-refractivity contribution in [3.63, 3.8) is 0 Å². The molecule has 2 heterocycles. The van der Waals surface area contributed by atoms with Crippen LogP contribution in [0.15, 0.2) is 71.3 Å². The van der Waals surface area contributed by atoms with Crippen molar-refractivity contribution in [2.75, 3.05) is 4.72 Å². The van der Waals surface area contributed by atoms with Crippen LogP contribution in [0.25, 0.3) is 0 Å². The van der Waals surface area contributed by atoms with E-state index >= 15 is 0 Å². The number of nitriles is 1. The number of hydrogen-bond donors (Lipinski definition) is 1. The minimum atomic E-state index is -3.87. The van der Waals surface area contributed by atoms with Crippen LogP contribution in [-0.4, -0.2) is 23.2 Å². The minimum Gasteiger partial charge on any atom is -0.453 e. The molecule has 0 bridgehead atoms. The van der Waals surface area contributed by atoms with Crippen LogP contribution in [-0.2, 0) is 16.6 Å². The summed E-state index contributed by atoms with van der Waals surface area (Å²) >= 11 is 7.05. The molecule has 0 amide bonds. The van der Waals surface area contributed by atoms with E-state index in [2.05, 4.69) is 14.8 Å². The SMILES string of the molecule is N#Cc1cc(S(=O)(=O)Nc2nccs2)ccc1Oc1cnn(Cc2ccc(Cl)cc2)c1. The molecular weight excluding hydrogens is 458 g/mol. The van der Waals surface area contributed by atoms with Crippen molar-refractivity contribution in [1.29, 1.82) is 5.26 Å². The Morgan fingerprint density at radius 2 is 2.03 bits per heavy atom. The molecule has 0 atom stereocenters. The fourth-order valence-electron chi connectivity index (χ4n) is 2.69. The molecule has 8 nitrogen and oxygen atoms in total. The molecule has 11 heteroatoms. The number of rotatable bonds is 7. The highest BCUT2D eigenvalue weighted by molar-refractivity contribution is 7.93. The third-order valence-electron chi connectivity index (χ3n) is 4.13. The first-order chi connectivity index (χ1) is 14.9. The van der Waals surface area contributed by atoms with Crippen LogP contribution in [0.3, 0.4) is 0 Å². The fourth-order valence-corrected chi connectivity index (χ4v) is 4.63. The Morgan fingerprint density at radius 3 is 2.74 bits per heavy atom. The zero-order valence-electron chi connectivity index (χ0n) is 15.8. The average molecular weight is 472 g/mol. The van der Waals surface area contributed by atoms with Crippen LogP contribution >= 0.6 is 22.9 Å². The molecule has 1 N–H and O–H groups in total. The van der Waals surface area contributed by atoms with Gasteiger partial charge in [-0.1, -0.05) is 23.7 Å². The maximum Gasteiger partial charge on any atom is 0.263 e. The lowest BCUT2D eigenvalue weighted by atomic mass is 10.2. The van der Waals surface area contributed by atoms with E-state index in [4.69, 9.17) is 16.3 Å². The van der Waals surface area contributed by atoms with Gasteiger partial charge in [0.25, 0.3) is 10.0 Å². The van der Waals surface area contributed by atoms with E-state index in [1.807, 2.05) is 18.2 Å². The zero-order valence-corrected chi connectivity index (χ0v) is 18.2. The Bertz CT molecular complexity index is 1340. The van der Waals surface area contributed by atoms with Crippen molar-refractivity contribution in [3.8, 4) is 17.6 Å². The van der Waals surface area contributed by atoms with Gasteiger partial charge in [-0.05, 0) is 35.9 Å². The lowest BCUT2D eigenvalue weighted by molar-refractivity contribution is 0.479. The molecule has 2 aromatic heterocycles. The first-order valence-electron chi connectivity index (χ1n) is 8.84. The van der Waals surface area contributed by atoms with Gasteiger partial charge in [-0.3, -0.25) is 9.40 Å². The second-order valence-electron chi connectivity index (χ2n) is 6.31. The number of sulfonamides is 1. The molecule has 2 aromatic carbocycles. The molecule has 156 valence electrons. The summed E-state index contributed by atoms with van der Waals surface area (Å²) in [5.74, 6) is 0.642. The van der Waals surface area contributed by atoms with Crippen LogP contribution in [0, 0.1) is 11.3 Å². The monoisotopic (exact) mass is 471 g/mol. The zero-order chi connectivity index (χ0) is 21.8. The second kappa shape index (κ2) is 8.77. The lowest BCUT2D eigenvalue weighted by Gasteiger charge is -2.09. The molecule has 0 saturated heterocycles. The van der Waals surface area contributed by atoms with E-state index in [1.165, 1.54) is 30.6 Å². The first kappa shape index (κ1) is 20.9. The van der Waals surface area contributed by atoms with E-state index < -0.39 is 10.0 Å². The summed E-state index contributed by atoms with van der Waals surface area (Å²) in [4.78, 5) is 3.84. The van der Waals surface area contributed by atoms with Gasteiger partial charge in [-0.25, -0.2) is 13.4 Å². The summed E-state index contributed by atoms with van der Waals surface area (Å²) in [7, 11) is -3.87. The Hall–Kier alpha value is -3.39. The summed E-state index contributed by atoms with van der Waals surface area (Å²) in [5.41, 5.74) is 1.09. The number of ether oxygens (including phenoxy) is 1. The van der Waals surface area contributed by atoms with Gasteiger partial charge in [0.2, 0.25) is 0 Å². The highest BCUT2D eigenvalue weighted by Gasteiger charge is 2.18. The normalized spacial score (nSPS) is 11.1. The number of halogens is 1. The maximum absolute atomic E-state index is 12.5. The molecule has 4 aromatic rings. The number of nitrogens with zero attached hydrogens (tertiary/aromatic N) is 4. The fraction of sp³-hybridized carbons (Fsp3) is 0.0500. The molecule has 31 heavy (non-hydrogen) atoms. The van der Waals surface area contributed by atoms with Gasteiger partial charge in [0.1, 0.15) is 11.8 Å². The van der Waals surface area contributed by atoms with Crippen molar-refractivity contribution in [1.82, 2.24) is 14.8 Å². The molecule has 0 radical (unpaired) electrons. The van der Waals surface area contributed by atoms with Gasteiger partial charge < -0.3 is 4.74 Å². The van der Waals surface area contributed by atoms with E-state index in [0.717, 1.165) is 16.9 Å². The van der Waals surface area contributed by atoms with E-state index in [9.17, 15) is 13.7 Å². The van der Waals surface area contributed by atoms with Crippen LogP contribution in [0.5, 0.6) is 11.5 Å². The number of anilines is 1. The smallest absolute Gasteiger partial charge is 0.263 e. The molecule has 0 saturated carbocycles. The Kier molecular flexibility index (Phi) is 5.90. The number of aromatic nitrogens is 3. The third-order valence-corrected chi connectivity index (χ3v) is 6.54. The van der Waals surface area contributed by atoms with Crippen LogP contribution in [0.4, 0.5) is 5.13 Å². The summed E-state index contributed by atoms with van der Waals surface area (Å²) < 4.78 is 34.9. The highest BCUT2D eigenvalue weighted by Crippen LogP contribution is 2.28. The molecule has 0 aliphatic carbocycles. The van der Waals surface area contributed by atoms with Crippen LogP contribution < -0.4 is 9.46 Å². The van der Waals surface area contributed by atoms with Crippen molar-refractivity contribution in [2.24, 2.45) is 0 Å². The summed E-state index contributed by atoms with van der Waals surface area (Å²) in [6.07, 6.45) is 4.70. The van der Waals surface area contributed by atoms with E-state index in [1.54, 1.807) is 28.4 Å².